The lowest BCUT2D eigenvalue weighted by Gasteiger charge is -2.20. The van der Waals surface area contributed by atoms with Crippen LogP contribution in [-0.2, 0) is 16.8 Å². The average Bonchev–Trinajstić information content (AvgIpc) is 2.45. The Kier molecular flexibility index (Phi) is 4.20. The Balaban J connectivity index is 2.35. The summed E-state index contributed by atoms with van der Waals surface area (Å²) in [6, 6.07) is 13.6. The van der Waals surface area contributed by atoms with E-state index in [0.29, 0.717) is 5.56 Å². The van der Waals surface area contributed by atoms with Gasteiger partial charge in [0, 0.05) is 12.1 Å². The van der Waals surface area contributed by atoms with E-state index in [1.807, 2.05) is 0 Å². The average molecular weight is 308 g/mol. The first kappa shape index (κ1) is 14.9. The van der Waals surface area contributed by atoms with Crippen LogP contribution in [0.25, 0.3) is 0 Å². The summed E-state index contributed by atoms with van der Waals surface area (Å²) in [6.45, 7) is -0.0719. The SMILES string of the molecule is O=[N+]([O-])c1ccc(N(Cc2ccccc2)S(=O)(=O)O)cc1. The number of anilines is 1. The largest absolute Gasteiger partial charge is 0.360 e. The molecule has 0 aliphatic carbocycles. The van der Waals surface area contributed by atoms with Crippen LogP contribution < -0.4 is 4.31 Å². The molecule has 1 N–H and O–H groups in total. The molecule has 0 aromatic heterocycles. The molecule has 21 heavy (non-hydrogen) atoms. The van der Waals surface area contributed by atoms with Crippen molar-refractivity contribution >= 4 is 21.7 Å². The fraction of sp³-hybridized carbons (Fsp3) is 0.0769. The number of nitro groups is 1. The van der Waals surface area contributed by atoms with Crippen LogP contribution in [0.2, 0.25) is 0 Å². The molecule has 2 aromatic rings. The van der Waals surface area contributed by atoms with E-state index in [1.165, 1.54) is 24.3 Å². The molecule has 0 bridgehead atoms. The van der Waals surface area contributed by atoms with Crippen LogP contribution in [0, 0.1) is 10.1 Å². The first-order chi connectivity index (χ1) is 9.88. The molecule has 0 spiro atoms. The van der Waals surface area contributed by atoms with Crippen LogP contribution in [-0.4, -0.2) is 17.9 Å². The third-order valence-corrected chi connectivity index (χ3v) is 3.69. The van der Waals surface area contributed by atoms with Crippen molar-refractivity contribution in [2.45, 2.75) is 6.54 Å². The number of hydrogen-bond acceptors (Lipinski definition) is 4. The smallest absolute Gasteiger partial charge is 0.269 e. The Morgan fingerprint density at radius 3 is 2.10 bits per heavy atom. The summed E-state index contributed by atoms with van der Waals surface area (Å²) in [6.07, 6.45) is 0. The van der Waals surface area contributed by atoms with Crippen molar-refractivity contribution in [3.63, 3.8) is 0 Å². The highest BCUT2D eigenvalue weighted by Crippen LogP contribution is 2.23. The third kappa shape index (κ3) is 3.77. The molecule has 0 amide bonds. The van der Waals surface area contributed by atoms with Crippen molar-refractivity contribution in [1.29, 1.82) is 0 Å². The predicted molar refractivity (Wildman–Crippen MR) is 77.3 cm³/mol. The molecule has 2 aromatic carbocycles. The highest BCUT2D eigenvalue weighted by molar-refractivity contribution is 7.87. The predicted octanol–water partition coefficient (Wildman–Crippen LogP) is 2.40. The summed E-state index contributed by atoms with van der Waals surface area (Å²) in [5.74, 6) is 0. The molecule has 2 rings (SSSR count). The number of nitro benzene ring substituents is 1. The van der Waals surface area contributed by atoms with Crippen molar-refractivity contribution in [1.82, 2.24) is 0 Å². The molecule has 0 unspecified atom stereocenters. The van der Waals surface area contributed by atoms with E-state index in [-0.39, 0.29) is 17.9 Å². The second-order valence-corrected chi connectivity index (χ2v) is 5.58. The minimum absolute atomic E-state index is 0.0719. The molecule has 0 radical (unpaired) electrons. The molecule has 0 saturated heterocycles. The summed E-state index contributed by atoms with van der Waals surface area (Å²) in [5.41, 5.74) is 0.661. The molecule has 110 valence electrons. The van der Waals surface area contributed by atoms with Gasteiger partial charge in [-0.05, 0) is 17.7 Å². The van der Waals surface area contributed by atoms with E-state index < -0.39 is 15.2 Å². The summed E-state index contributed by atoms with van der Waals surface area (Å²) in [4.78, 5) is 10.0. The Morgan fingerprint density at radius 1 is 1.05 bits per heavy atom. The lowest BCUT2D eigenvalue weighted by Crippen LogP contribution is -2.29. The Bertz CT molecular complexity index is 729. The molecule has 0 aliphatic rings. The van der Waals surface area contributed by atoms with Crippen LogP contribution in [0.15, 0.2) is 54.6 Å². The van der Waals surface area contributed by atoms with Crippen LogP contribution in [0.4, 0.5) is 11.4 Å². The first-order valence-corrected chi connectivity index (χ1v) is 7.31. The standard InChI is InChI=1S/C13H12N2O5S/c16-15(17)13-8-6-12(7-9-13)14(21(18,19)20)10-11-4-2-1-3-5-11/h1-9H,10H2,(H,18,19,20). The van der Waals surface area contributed by atoms with Gasteiger partial charge >= 0.3 is 10.3 Å². The van der Waals surface area contributed by atoms with E-state index in [1.54, 1.807) is 30.3 Å². The molecule has 0 fully saturated rings. The van der Waals surface area contributed by atoms with Gasteiger partial charge < -0.3 is 0 Å². The van der Waals surface area contributed by atoms with Crippen LogP contribution in [0.5, 0.6) is 0 Å². The second-order valence-electron chi connectivity index (χ2n) is 4.24. The topological polar surface area (TPSA) is 101 Å². The summed E-state index contributed by atoms with van der Waals surface area (Å²) in [7, 11) is -4.49. The van der Waals surface area contributed by atoms with Crippen LogP contribution in [0.1, 0.15) is 5.56 Å². The van der Waals surface area contributed by atoms with Gasteiger partial charge in [0.25, 0.3) is 5.69 Å². The van der Waals surface area contributed by atoms with Gasteiger partial charge in [0.2, 0.25) is 0 Å². The Labute approximate surface area is 121 Å². The van der Waals surface area contributed by atoms with Gasteiger partial charge in [0.1, 0.15) is 0 Å². The third-order valence-electron chi connectivity index (χ3n) is 2.80. The van der Waals surface area contributed by atoms with Gasteiger partial charge in [-0.15, -0.1) is 0 Å². The normalized spacial score (nSPS) is 11.1. The van der Waals surface area contributed by atoms with Gasteiger partial charge in [-0.2, -0.15) is 8.42 Å². The summed E-state index contributed by atoms with van der Waals surface area (Å²) < 4.78 is 33.1. The quantitative estimate of drug-likeness (QED) is 0.519. The van der Waals surface area contributed by atoms with Gasteiger partial charge in [-0.25, -0.2) is 4.31 Å². The number of non-ortho nitro benzene ring substituents is 1. The zero-order chi connectivity index (χ0) is 15.5. The summed E-state index contributed by atoms with van der Waals surface area (Å²) in [5, 5.41) is 10.6. The maximum Gasteiger partial charge on any atom is 0.360 e. The molecule has 0 aliphatic heterocycles. The number of rotatable bonds is 5. The maximum atomic E-state index is 11.5. The van der Waals surface area contributed by atoms with E-state index in [9.17, 15) is 23.1 Å². The van der Waals surface area contributed by atoms with Crippen molar-refractivity contribution < 1.29 is 17.9 Å². The molecular formula is C13H12N2O5S. The van der Waals surface area contributed by atoms with Gasteiger partial charge in [0.05, 0.1) is 17.2 Å². The van der Waals surface area contributed by atoms with Crippen molar-refractivity contribution in [2.75, 3.05) is 4.31 Å². The van der Waals surface area contributed by atoms with Crippen molar-refractivity contribution in [2.24, 2.45) is 0 Å². The van der Waals surface area contributed by atoms with E-state index in [4.69, 9.17) is 0 Å². The zero-order valence-corrected chi connectivity index (χ0v) is 11.6. The monoisotopic (exact) mass is 308 g/mol. The first-order valence-electron chi connectivity index (χ1n) is 5.91. The number of benzene rings is 2. The van der Waals surface area contributed by atoms with E-state index >= 15 is 0 Å². The van der Waals surface area contributed by atoms with E-state index in [2.05, 4.69) is 0 Å². The van der Waals surface area contributed by atoms with Gasteiger partial charge in [-0.3, -0.25) is 14.7 Å². The molecule has 0 atom stereocenters. The van der Waals surface area contributed by atoms with Crippen molar-refractivity contribution in [3.8, 4) is 0 Å². The van der Waals surface area contributed by atoms with E-state index in [0.717, 1.165) is 4.31 Å². The van der Waals surface area contributed by atoms with Crippen LogP contribution >= 0.6 is 0 Å². The zero-order valence-electron chi connectivity index (χ0n) is 10.8. The Hall–Kier alpha value is -2.45. The lowest BCUT2D eigenvalue weighted by molar-refractivity contribution is -0.384. The molecule has 0 heterocycles. The minimum atomic E-state index is -4.49. The van der Waals surface area contributed by atoms with Crippen LogP contribution in [0.3, 0.4) is 0 Å². The summed E-state index contributed by atoms with van der Waals surface area (Å²) >= 11 is 0. The highest BCUT2D eigenvalue weighted by Gasteiger charge is 2.20. The fourth-order valence-corrected chi connectivity index (χ4v) is 2.50. The second kappa shape index (κ2) is 5.90. The molecule has 8 heteroatoms. The molecular weight excluding hydrogens is 296 g/mol. The lowest BCUT2D eigenvalue weighted by atomic mass is 10.2. The minimum Gasteiger partial charge on any atom is -0.269 e. The van der Waals surface area contributed by atoms with Gasteiger partial charge in [-0.1, -0.05) is 30.3 Å². The highest BCUT2D eigenvalue weighted by atomic mass is 32.2. The molecule has 7 nitrogen and oxygen atoms in total. The fourth-order valence-electron chi connectivity index (χ4n) is 1.80. The van der Waals surface area contributed by atoms with Gasteiger partial charge in [0.15, 0.2) is 0 Å². The Morgan fingerprint density at radius 2 is 1.62 bits per heavy atom. The van der Waals surface area contributed by atoms with Crippen molar-refractivity contribution in [3.05, 3.63) is 70.3 Å². The maximum absolute atomic E-state index is 11.5. The molecule has 0 saturated carbocycles. The number of nitrogens with zero attached hydrogens (tertiary/aromatic N) is 2. The number of hydrogen-bond donors (Lipinski definition) is 1.